The second kappa shape index (κ2) is 4.97. The van der Waals surface area contributed by atoms with Crippen LogP contribution in [-0.2, 0) is 4.74 Å². The lowest BCUT2D eigenvalue weighted by Crippen LogP contribution is -2.16. The van der Waals surface area contributed by atoms with Gasteiger partial charge in [0.2, 0.25) is 5.70 Å². The van der Waals surface area contributed by atoms with Crippen molar-refractivity contribution >= 4 is 0 Å². The van der Waals surface area contributed by atoms with Crippen LogP contribution in [0.1, 0.15) is 26.2 Å². The number of nitro groups is 1. The lowest BCUT2D eigenvalue weighted by molar-refractivity contribution is -0.428. The SMILES string of the molecule is CC/C(=C\C1CCCOC1)[N+](=O)[O-]. The molecular weight excluding hydrogens is 170 g/mol. The van der Waals surface area contributed by atoms with Gasteiger partial charge in [0, 0.05) is 18.9 Å². The Balaban J connectivity index is 2.54. The maximum Gasteiger partial charge on any atom is 0.242 e. The maximum absolute atomic E-state index is 10.5. The highest BCUT2D eigenvalue weighted by Crippen LogP contribution is 2.17. The van der Waals surface area contributed by atoms with Crippen molar-refractivity contribution in [1.82, 2.24) is 0 Å². The number of allylic oxidation sites excluding steroid dienone is 1. The third kappa shape index (κ3) is 3.14. The van der Waals surface area contributed by atoms with E-state index in [1.807, 2.05) is 0 Å². The zero-order valence-electron chi connectivity index (χ0n) is 7.86. The van der Waals surface area contributed by atoms with Crippen LogP contribution in [0.25, 0.3) is 0 Å². The van der Waals surface area contributed by atoms with Gasteiger partial charge in [-0.25, -0.2) is 0 Å². The fraction of sp³-hybridized carbons (Fsp3) is 0.778. The van der Waals surface area contributed by atoms with E-state index < -0.39 is 0 Å². The monoisotopic (exact) mass is 185 g/mol. The fourth-order valence-corrected chi connectivity index (χ4v) is 1.48. The van der Waals surface area contributed by atoms with Crippen molar-refractivity contribution in [2.24, 2.45) is 5.92 Å². The Labute approximate surface area is 77.7 Å². The molecule has 1 saturated heterocycles. The summed E-state index contributed by atoms with van der Waals surface area (Å²) in [4.78, 5) is 10.2. The number of hydrogen-bond acceptors (Lipinski definition) is 3. The van der Waals surface area contributed by atoms with E-state index in [1.165, 1.54) is 0 Å². The van der Waals surface area contributed by atoms with Crippen LogP contribution in [0.4, 0.5) is 0 Å². The molecule has 0 aromatic rings. The van der Waals surface area contributed by atoms with E-state index in [0.29, 0.717) is 18.7 Å². The first-order valence-corrected chi connectivity index (χ1v) is 4.67. The molecule has 74 valence electrons. The summed E-state index contributed by atoms with van der Waals surface area (Å²) >= 11 is 0. The average Bonchev–Trinajstić information content (AvgIpc) is 2.15. The molecule has 1 unspecified atom stereocenters. The Kier molecular flexibility index (Phi) is 3.89. The zero-order valence-corrected chi connectivity index (χ0v) is 7.86. The summed E-state index contributed by atoms with van der Waals surface area (Å²) in [6, 6.07) is 0. The molecule has 0 aliphatic carbocycles. The van der Waals surface area contributed by atoms with Crippen LogP contribution in [-0.4, -0.2) is 18.1 Å². The maximum atomic E-state index is 10.5. The van der Waals surface area contributed by atoms with E-state index in [0.717, 1.165) is 19.4 Å². The van der Waals surface area contributed by atoms with Gasteiger partial charge in [0.25, 0.3) is 0 Å². The largest absolute Gasteiger partial charge is 0.381 e. The van der Waals surface area contributed by atoms with E-state index >= 15 is 0 Å². The van der Waals surface area contributed by atoms with Crippen molar-refractivity contribution < 1.29 is 9.66 Å². The summed E-state index contributed by atoms with van der Waals surface area (Å²) in [5.74, 6) is 0.245. The van der Waals surface area contributed by atoms with Crippen molar-refractivity contribution in [3.8, 4) is 0 Å². The van der Waals surface area contributed by atoms with E-state index in [9.17, 15) is 10.1 Å². The van der Waals surface area contributed by atoms with Gasteiger partial charge in [-0.3, -0.25) is 10.1 Å². The van der Waals surface area contributed by atoms with Gasteiger partial charge in [0.05, 0.1) is 11.5 Å². The lowest BCUT2D eigenvalue weighted by Gasteiger charge is -2.18. The van der Waals surface area contributed by atoms with E-state index in [2.05, 4.69) is 0 Å². The van der Waals surface area contributed by atoms with Crippen LogP contribution in [0.2, 0.25) is 0 Å². The van der Waals surface area contributed by atoms with Crippen LogP contribution in [0, 0.1) is 16.0 Å². The molecule has 1 atom stereocenters. The Morgan fingerprint density at radius 3 is 3.00 bits per heavy atom. The number of hydrogen-bond donors (Lipinski definition) is 0. The van der Waals surface area contributed by atoms with Crippen molar-refractivity contribution in [3.05, 3.63) is 21.9 Å². The van der Waals surface area contributed by atoms with Crippen LogP contribution in [0.5, 0.6) is 0 Å². The van der Waals surface area contributed by atoms with E-state index in [4.69, 9.17) is 4.74 Å². The lowest BCUT2D eigenvalue weighted by atomic mass is 10.0. The molecule has 1 aliphatic rings. The smallest absolute Gasteiger partial charge is 0.242 e. The molecule has 4 heteroatoms. The predicted octanol–water partition coefficient (Wildman–Crippen LogP) is 1.98. The first-order chi connectivity index (χ1) is 6.24. The quantitative estimate of drug-likeness (QED) is 0.499. The summed E-state index contributed by atoms with van der Waals surface area (Å²) in [7, 11) is 0. The summed E-state index contributed by atoms with van der Waals surface area (Å²) in [6.07, 6.45) is 4.26. The molecule has 0 spiro atoms. The highest BCUT2D eigenvalue weighted by atomic mass is 16.6. The first kappa shape index (κ1) is 10.2. The molecule has 1 aliphatic heterocycles. The van der Waals surface area contributed by atoms with Crippen molar-refractivity contribution in [2.75, 3.05) is 13.2 Å². The normalized spacial score (nSPS) is 24.4. The molecule has 1 heterocycles. The van der Waals surface area contributed by atoms with Crippen LogP contribution in [0.15, 0.2) is 11.8 Å². The molecule has 0 radical (unpaired) electrons. The minimum atomic E-state index is -0.297. The highest BCUT2D eigenvalue weighted by Gasteiger charge is 2.16. The fourth-order valence-electron chi connectivity index (χ4n) is 1.48. The molecule has 0 aromatic heterocycles. The van der Waals surface area contributed by atoms with Crippen LogP contribution in [0.3, 0.4) is 0 Å². The Morgan fingerprint density at radius 2 is 2.54 bits per heavy atom. The highest BCUT2D eigenvalue weighted by molar-refractivity contribution is 4.95. The first-order valence-electron chi connectivity index (χ1n) is 4.67. The second-order valence-corrected chi connectivity index (χ2v) is 3.25. The van der Waals surface area contributed by atoms with Crippen LogP contribution < -0.4 is 0 Å². The van der Waals surface area contributed by atoms with E-state index in [1.54, 1.807) is 13.0 Å². The third-order valence-corrected chi connectivity index (χ3v) is 2.22. The number of rotatable bonds is 3. The molecule has 0 saturated carbocycles. The summed E-state index contributed by atoms with van der Waals surface area (Å²) in [5.41, 5.74) is 0.315. The van der Waals surface area contributed by atoms with Gasteiger partial charge in [-0.2, -0.15) is 0 Å². The standard InChI is InChI=1S/C9H15NO3/c1-2-9(10(11)12)6-8-4-3-5-13-7-8/h6,8H,2-5,7H2,1H3/b9-6+. The molecule has 0 amide bonds. The van der Waals surface area contributed by atoms with Crippen LogP contribution >= 0.6 is 0 Å². The Morgan fingerprint density at radius 1 is 1.77 bits per heavy atom. The van der Waals surface area contributed by atoms with Crippen molar-refractivity contribution in [2.45, 2.75) is 26.2 Å². The molecule has 4 nitrogen and oxygen atoms in total. The molecule has 13 heavy (non-hydrogen) atoms. The van der Waals surface area contributed by atoms with Gasteiger partial charge < -0.3 is 4.74 Å². The molecule has 0 aromatic carbocycles. The minimum absolute atomic E-state index is 0.245. The van der Waals surface area contributed by atoms with Gasteiger partial charge >= 0.3 is 0 Å². The van der Waals surface area contributed by atoms with Gasteiger partial charge in [0.15, 0.2) is 0 Å². The average molecular weight is 185 g/mol. The Hall–Kier alpha value is -0.900. The van der Waals surface area contributed by atoms with Gasteiger partial charge in [-0.1, -0.05) is 6.92 Å². The molecular formula is C9H15NO3. The van der Waals surface area contributed by atoms with Gasteiger partial charge in [-0.15, -0.1) is 0 Å². The van der Waals surface area contributed by atoms with Gasteiger partial charge in [-0.05, 0) is 18.9 Å². The topological polar surface area (TPSA) is 52.4 Å². The second-order valence-electron chi connectivity index (χ2n) is 3.25. The number of ether oxygens (including phenoxy) is 1. The van der Waals surface area contributed by atoms with Crippen molar-refractivity contribution in [3.63, 3.8) is 0 Å². The van der Waals surface area contributed by atoms with E-state index in [-0.39, 0.29) is 10.8 Å². The zero-order chi connectivity index (χ0) is 9.68. The van der Waals surface area contributed by atoms with Gasteiger partial charge in [0.1, 0.15) is 0 Å². The minimum Gasteiger partial charge on any atom is -0.381 e. The number of nitrogens with zero attached hydrogens (tertiary/aromatic N) is 1. The summed E-state index contributed by atoms with van der Waals surface area (Å²) in [5, 5.41) is 10.5. The molecule has 0 N–H and O–H groups in total. The molecule has 1 rings (SSSR count). The molecule has 0 bridgehead atoms. The van der Waals surface area contributed by atoms with Crippen molar-refractivity contribution in [1.29, 1.82) is 0 Å². The summed E-state index contributed by atoms with van der Waals surface area (Å²) < 4.78 is 5.24. The third-order valence-electron chi connectivity index (χ3n) is 2.22. The predicted molar refractivity (Wildman–Crippen MR) is 48.9 cm³/mol. The Bertz CT molecular complexity index is 207. The summed E-state index contributed by atoms with van der Waals surface area (Å²) in [6.45, 7) is 3.24. The molecule has 1 fully saturated rings.